The van der Waals surface area contributed by atoms with Gasteiger partial charge in [-0.3, -0.25) is 15.1 Å². The molecule has 148 valence electrons. The lowest BCUT2D eigenvalue weighted by Gasteiger charge is -2.19. The lowest BCUT2D eigenvalue weighted by molar-refractivity contribution is 0.102. The first-order valence-electron chi connectivity index (χ1n) is 7.58. The second-order valence-electron chi connectivity index (χ2n) is 5.08. The molecule has 3 rings (SSSR count). The smallest absolute Gasteiger partial charge is 0.333 e. The highest BCUT2D eigenvalue weighted by Crippen LogP contribution is 2.14. The fourth-order valence-electron chi connectivity index (χ4n) is 2.18. The Morgan fingerprint density at radius 3 is 2.39 bits per heavy atom. The number of amides is 1. The van der Waals surface area contributed by atoms with Crippen LogP contribution in [-0.2, 0) is 0 Å². The van der Waals surface area contributed by atoms with Gasteiger partial charge in [0, 0.05) is 31.0 Å². The highest BCUT2D eigenvalue weighted by atomic mass is 35.5. The van der Waals surface area contributed by atoms with Crippen molar-refractivity contribution in [3.8, 4) is 0 Å². The molecule has 0 aromatic carbocycles. The number of carbonyl (C=O) groups is 1. The molecule has 0 fully saturated rings. The number of hydrogen-bond donors (Lipinski definition) is 1. The molecule has 0 atom stereocenters. The van der Waals surface area contributed by atoms with Gasteiger partial charge in [0.1, 0.15) is 0 Å². The standard InChI is InChI=1S/C16H15N7O3.2ClH/c1-3-9-22(10-4-2)13-19-14(23-15(20-13)21-16(25)26-23)18-12(24)11-5-7-17-8-6-11;;/h3-8H,1-2,9-10H2,(H,18,19,20,21,24,25);2*1H. The average molecular weight is 426 g/mol. The van der Waals surface area contributed by atoms with E-state index in [0.29, 0.717) is 18.7 Å². The maximum absolute atomic E-state index is 12.4. The summed E-state index contributed by atoms with van der Waals surface area (Å²) < 4.78 is 5.89. The largest absolute Gasteiger partial charge is 0.462 e. The molecule has 3 aromatic heterocycles. The van der Waals surface area contributed by atoms with E-state index in [4.69, 9.17) is 4.52 Å². The number of hydrogen-bond acceptors (Lipinski definition) is 8. The Morgan fingerprint density at radius 2 is 1.79 bits per heavy atom. The fourth-order valence-corrected chi connectivity index (χ4v) is 2.18. The predicted octanol–water partition coefficient (Wildman–Crippen LogP) is 1.75. The Bertz CT molecular complexity index is 1010. The molecule has 0 saturated heterocycles. The maximum atomic E-state index is 12.4. The van der Waals surface area contributed by atoms with Crippen molar-refractivity contribution in [3.63, 3.8) is 0 Å². The Hall–Kier alpha value is -3.24. The molecule has 0 radical (unpaired) electrons. The van der Waals surface area contributed by atoms with Gasteiger partial charge in [0.15, 0.2) is 0 Å². The Balaban J connectivity index is 0.00000196. The topological polar surface area (TPSA) is 119 Å². The van der Waals surface area contributed by atoms with Crippen LogP contribution >= 0.6 is 24.8 Å². The third-order valence-corrected chi connectivity index (χ3v) is 3.29. The summed E-state index contributed by atoms with van der Waals surface area (Å²) in [5, 5.41) is 2.59. The van der Waals surface area contributed by atoms with Crippen LogP contribution in [0.25, 0.3) is 5.78 Å². The highest BCUT2D eigenvalue weighted by molar-refractivity contribution is 6.03. The monoisotopic (exact) mass is 425 g/mol. The lowest BCUT2D eigenvalue weighted by Crippen LogP contribution is -2.27. The van der Waals surface area contributed by atoms with Crippen LogP contribution in [0.4, 0.5) is 11.9 Å². The molecule has 3 heterocycles. The number of pyridine rings is 1. The molecule has 0 saturated carbocycles. The number of rotatable bonds is 7. The molecular formula is C16H17Cl2N7O3. The van der Waals surface area contributed by atoms with E-state index in [0.717, 1.165) is 4.57 Å². The first-order chi connectivity index (χ1) is 12.6. The van der Waals surface area contributed by atoms with Gasteiger partial charge in [-0.15, -0.1) is 43.0 Å². The molecule has 0 unspecified atom stereocenters. The summed E-state index contributed by atoms with van der Waals surface area (Å²) in [6.07, 6.45) is 6.31. The van der Waals surface area contributed by atoms with Crippen molar-refractivity contribution in [2.75, 3.05) is 23.3 Å². The molecule has 0 bridgehead atoms. The van der Waals surface area contributed by atoms with Crippen molar-refractivity contribution in [3.05, 3.63) is 66.0 Å². The van der Waals surface area contributed by atoms with E-state index >= 15 is 0 Å². The first-order valence-corrected chi connectivity index (χ1v) is 7.58. The van der Waals surface area contributed by atoms with E-state index in [1.165, 1.54) is 12.4 Å². The van der Waals surface area contributed by atoms with Crippen molar-refractivity contribution >= 4 is 48.4 Å². The molecule has 1 amide bonds. The van der Waals surface area contributed by atoms with Crippen LogP contribution in [0.2, 0.25) is 0 Å². The van der Waals surface area contributed by atoms with Crippen molar-refractivity contribution in [2.45, 2.75) is 0 Å². The normalized spacial score (nSPS) is 9.71. The van der Waals surface area contributed by atoms with Crippen LogP contribution in [0, 0.1) is 0 Å². The summed E-state index contributed by atoms with van der Waals surface area (Å²) in [6.45, 7) is 8.24. The van der Waals surface area contributed by atoms with Crippen molar-refractivity contribution < 1.29 is 9.32 Å². The number of carbonyl (C=O) groups excluding carboxylic acids is 1. The summed E-state index contributed by atoms with van der Waals surface area (Å²) in [6, 6.07) is 3.08. The molecular weight excluding hydrogens is 409 g/mol. The summed E-state index contributed by atoms with van der Waals surface area (Å²) in [5.74, 6) is -1.12. The van der Waals surface area contributed by atoms with Crippen LogP contribution in [0.1, 0.15) is 10.4 Å². The number of nitrogens with zero attached hydrogens (tertiary/aromatic N) is 6. The summed E-state index contributed by atoms with van der Waals surface area (Å²) in [7, 11) is 0. The van der Waals surface area contributed by atoms with E-state index < -0.39 is 11.7 Å². The zero-order chi connectivity index (χ0) is 18.5. The first kappa shape index (κ1) is 22.8. The summed E-state index contributed by atoms with van der Waals surface area (Å²) in [5.41, 5.74) is 0.366. The second kappa shape index (κ2) is 10.2. The number of nitrogens with one attached hydrogen (secondary N) is 1. The SMILES string of the molecule is C=CCN(CC=C)c1nc(NC(=O)c2ccncc2)n2oc(=O)nc2n1.Cl.Cl. The highest BCUT2D eigenvalue weighted by Gasteiger charge is 2.18. The van der Waals surface area contributed by atoms with E-state index in [1.807, 2.05) is 0 Å². The molecule has 12 heteroatoms. The van der Waals surface area contributed by atoms with Gasteiger partial charge in [0.25, 0.3) is 17.6 Å². The summed E-state index contributed by atoms with van der Waals surface area (Å²) >= 11 is 0. The van der Waals surface area contributed by atoms with Gasteiger partial charge in [-0.2, -0.15) is 9.97 Å². The van der Waals surface area contributed by atoms with Gasteiger partial charge >= 0.3 is 5.76 Å². The third-order valence-electron chi connectivity index (χ3n) is 3.29. The van der Waals surface area contributed by atoms with E-state index in [-0.39, 0.29) is 42.5 Å². The van der Waals surface area contributed by atoms with Crippen molar-refractivity contribution in [1.29, 1.82) is 0 Å². The van der Waals surface area contributed by atoms with E-state index in [1.54, 1.807) is 29.2 Å². The Morgan fingerprint density at radius 1 is 1.14 bits per heavy atom. The number of anilines is 2. The van der Waals surface area contributed by atoms with Gasteiger partial charge in [-0.05, 0) is 12.1 Å². The van der Waals surface area contributed by atoms with E-state index in [9.17, 15) is 9.59 Å². The molecule has 0 aliphatic rings. The second-order valence-corrected chi connectivity index (χ2v) is 5.08. The van der Waals surface area contributed by atoms with E-state index in [2.05, 4.69) is 38.4 Å². The van der Waals surface area contributed by atoms with Gasteiger partial charge in [0.05, 0.1) is 0 Å². The molecule has 0 aliphatic heterocycles. The lowest BCUT2D eigenvalue weighted by atomic mass is 10.2. The number of aromatic nitrogens is 5. The zero-order valence-electron chi connectivity index (χ0n) is 14.5. The van der Waals surface area contributed by atoms with Crippen LogP contribution in [0.15, 0.2) is 59.2 Å². The van der Waals surface area contributed by atoms with Gasteiger partial charge < -0.3 is 9.42 Å². The quantitative estimate of drug-likeness (QED) is 0.568. The predicted molar refractivity (Wildman–Crippen MR) is 109 cm³/mol. The Labute approximate surface area is 171 Å². The molecule has 0 aliphatic carbocycles. The average Bonchev–Trinajstić information content (AvgIpc) is 3.02. The Kier molecular flexibility index (Phi) is 8.29. The van der Waals surface area contributed by atoms with Crippen molar-refractivity contribution in [1.82, 2.24) is 24.5 Å². The zero-order valence-corrected chi connectivity index (χ0v) is 16.2. The molecule has 3 aromatic rings. The molecule has 28 heavy (non-hydrogen) atoms. The van der Waals surface area contributed by atoms with Gasteiger partial charge in [-0.1, -0.05) is 16.7 Å². The van der Waals surface area contributed by atoms with Crippen LogP contribution < -0.4 is 16.0 Å². The third kappa shape index (κ3) is 4.93. The summed E-state index contributed by atoms with van der Waals surface area (Å²) in [4.78, 5) is 41.6. The molecule has 1 N–H and O–H groups in total. The minimum Gasteiger partial charge on any atom is -0.333 e. The minimum atomic E-state index is -0.852. The maximum Gasteiger partial charge on any atom is 0.462 e. The van der Waals surface area contributed by atoms with Gasteiger partial charge in [0.2, 0.25) is 5.95 Å². The molecule has 0 spiro atoms. The van der Waals surface area contributed by atoms with Crippen LogP contribution in [-0.4, -0.2) is 43.5 Å². The molecule has 10 nitrogen and oxygen atoms in total. The number of fused-ring (bicyclic) bond motifs is 1. The van der Waals surface area contributed by atoms with Gasteiger partial charge in [-0.25, -0.2) is 4.79 Å². The van der Waals surface area contributed by atoms with Crippen LogP contribution in [0.5, 0.6) is 0 Å². The fraction of sp³-hybridized carbons (Fsp3) is 0.125. The number of halogens is 2. The minimum absolute atomic E-state index is 0. The van der Waals surface area contributed by atoms with Crippen molar-refractivity contribution in [2.24, 2.45) is 0 Å². The van der Waals surface area contributed by atoms with Crippen LogP contribution in [0.3, 0.4) is 0 Å².